The molecule has 6 rings (SSSR count). The van der Waals surface area contributed by atoms with Crippen LogP contribution in [0.15, 0.2) is 103 Å². The smallest absolute Gasteiger partial charge is 0.155 e. The summed E-state index contributed by atoms with van der Waals surface area (Å²) in [7, 11) is 3.33. The van der Waals surface area contributed by atoms with Gasteiger partial charge in [0, 0.05) is 27.8 Å². The number of benzene rings is 4. The van der Waals surface area contributed by atoms with Crippen LogP contribution in [0.25, 0.3) is 33.6 Å². The van der Waals surface area contributed by atoms with Crippen molar-refractivity contribution in [3.8, 4) is 56.6 Å². The summed E-state index contributed by atoms with van der Waals surface area (Å²) in [4.78, 5) is 5.14. The van der Waals surface area contributed by atoms with Gasteiger partial charge in [-0.2, -0.15) is 0 Å². The largest absolute Gasteiger partial charge is 0.507 e. The third-order valence-electron chi connectivity index (χ3n) is 6.71. The predicted octanol–water partition coefficient (Wildman–Crippen LogP) is 7.29. The number of hydrogen-bond donors (Lipinski definition) is 1. The van der Waals surface area contributed by atoms with Crippen LogP contribution < -0.4 is 14.2 Å². The zero-order valence-corrected chi connectivity index (χ0v) is 20.5. The summed E-state index contributed by atoms with van der Waals surface area (Å²) in [6, 6.07) is 32.9. The molecule has 1 aromatic heterocycles. The Morgan fingerprint density at radius 3 is 2.05 bits per heavy atom. The van der Waals surface area contributed by atoms with E-state index in [0.717, 1.165) is 50.8 Å². The van der Waals surface area contributed by atoms with Gasteiger partial charge in [-0.05, 0) is 48.0 Å². The molecule has 182 valence electrons. The number of aromatic nitrogens is 1. The van der Waals surface area contributed by atoms with E-state index in [1.165, 1.54) is 0 Å². The Morgan fingerprint density at radius 2 is 1.30 bits per heavy atom. The zero-order valence-electron chi connectivity index (χ0n) is 20.5. The lowest BCUT2D eigenvalue weighted by molar-refractivity contribution is 0.237. The second kappa shape index (κ2) is 9.36. The molecule has 0 saturated heterocycles. The van der Waals surface area contributed by atoms with E-state index in [4.69, 9.17) is 19.2 Å². The van der Waals surface area contributed by atoms with Crippen molar-refractivity contribution in [2.75, 3.05) is 14.2 Å². The first-order valence-electron chi connectivity index (χ1n) is 12.0. The molecule has 1 unspecified atom stereocenters. The maximum absolute atomic E-state index is 10.7. The van der Waals surface area contributed by atoms with Gasteiger partial charge in [0.05, 0.1) is 25.6 Å². The highest BCUT2D eigenvalue weighted by atomic mass is 16.5. The monoisotopic (exact) mass is 487 g/mol. The van der Waals surface area contributed by atoms with Crippen molar-refractivity contribution in [3.63, 3.8) is 0 Å². The first kappa shape index (κ1) is 22.7. The molecule has 0 bridgehead atoms. The molecular formula is C32H25NO4. The van der Waals surface area contributed by atoms with Gasteiger partial charge in [0.1, 0.15) is 23.0 Å². The SMILES string of the molecule is COc1ccccc1-c1cc(-c2ccccc2O)nc2c1C(c1ccccc1OC)Oc1ccccc1-2. The summed E-state index contributed by atoms with van der Waals surface area (Å²) in [6.45, 7) is 0. The fourth-order valence-electron chi connectivity index (χ4n) is 5.00. The van der Waals surface area contributed by atoms with E-state index >= 15 is 0 Å². The van der Waals surface area contributed by atoms with Gasteiger partial charge in [0.15, 0.2) is 6.10 Å². The molecule has 0 aliphatic carbocycles. The normalized spacial score (nSPS) is 13.7. The molecular weight excluding hydrogens is 462 g/mol. The summed E-state index contributed by atoms with van der Waals surface area (Å²) in [5, 5.41) is 10.7. The van der Waals surface area contributed by atoms with Crippen molar-refractivity contribution in [1.82, 2.24) is 4.98 Å². The van der Waals surface area contributed by atoms with Gasteiger partial charge in [0.2, 0.25) is 0 Å². The molecule has 37 heavy (non-hydrogen) atoms. The van der Waals surface area contributed by atoms with Gasteiger partial charge in [-0.3, -0.25) is 0 Å². The molecule has 5 heteroatoms. The van der Waals surface area contributed by atoms with Gasteiger partial charge in [-0.1, -0.05) is 60.7 Å². The molecule has 2 heterocycles. The average Bonchev–Trinajstić information content (AvgIpc) is 2.96. The highest BCUT2D eigenvalue weighted by Crippen LogP contribution is 2.51. The summed E-state index contributed by atoms with van der Waals surface area (Å²) in [5.41, 5.74) is 6.61. The summed E-state index contributed by atoms with van der Waals surface area (Å²) in [6.07, 6.45) is -0.480. The van der Waals surface area contributed by atoms with Crippen LogP contribution in [0.5, 0.6) is 23.0 Å². The molecule has 5 nitrogen and oxygen atoms in total. The zero-order chi connectivity index (χ0) is 25.4. The molecule has 1 aliphatic heterocycles. The lowest BCUT2D eigenvalue weighted by atomic mass is 9.85. The molecule has 0 amide bonds. The predicted molar refractivity (Wildman–Crippen MR) is 144 cm³/mol. The third-order valence-corrected chi connectivity index (χ3v) is 6.71. The second-order valence-electron chi connectivity index (χ2n) is 8.77. The Kier molecular flexibility index (Phi) is 5.73. The van der Waals surface area contributed by atoms with Crippen molar-refractivity contribution in [1.29, 1.82) is 0 Å². The Labute approximate surface area is 215 Å². The maximum atomic E-state index is 10.7. The Morgan fingerprint density at radius 1 is 0.676 bits per heavy atom. The number of aromatic hydroxyl groups is 1. The van der Waals surface area contributed by atoms with Gasteiger partial charge in [-0.15, -0.1) is 0 Å². The number of methoxy groups -OCH3 is 2. The van der Waals surface area contributed by atoms with E-state index in [0.29, 0.717) is 11.3 Å². The van der Waals surface area contributed by atoms with Crippen LogP contribution in [-0.4, -0.2) is 24.3 Å². The van der Waals surface area contributed by atoms with Crippen LogP contribution in [0.3, 0.4) is 0 Å². The minimum absolute atomic E-state index is 0.169. The van der Waals surface area contributed by atoms with Gasteiger partial charge < -0.3 is 19.3 Å². The number of pyridine rings is 1. The minimum Gasteiger partial charge on any atom is -0.507 e. The van der Waals surface area contributed by atoms with Crippen LogP contribution in [0.4, 0.5) is 0 Å². The fraction of sp³-hybridized carbons (Fsp3) is 0.0938. The van der Waals surface area contributed by atoms with E-state index in [9.17, 15) is 5.11 Å². The average molecular weight is 488 g/mol. The lowest BCUT2D eigenvalue weighted by Gasteiger charge is -2.32. The van der Waals surface area contributed by atoms with Gasteiger partial charge in [0.25, 0.3) is 0 Å². The van der Waals surface area contributed by atoms with Crippen LogP contribution in [0.2, 0.25) is 0 Å². The number of phenols is 1. The van der Waals surface area contributed by atoms with E-state index in [1.54, 1.807) is 26.4 Å². The lowest BCUT2D eigenvalue weighted by Crippen LogP contribution is -2.19. The third kappa shape index (κ3) is 3.85. The molecule has 0 radical (unpaired) electrons. The number of hydrogen-bond acceptors (Lipinski definition) is 5. The molecule has 1 N–H and O–H groups in total. The standard InChI is InChI=1S/C32H25NO4/c1-35-27-16-8-4-11-20(27)24-19-25(21-12-3-7-15-26(21)34)33-31-22-13-5-10-18-29(22)37-32(30(24)31)23-14-6-9-17-28(23)36-2/h3-19,32,34H,1-2H3. The van der Waals surface area contributed by atoms with Gasteiger partial charge in [-0.25, -0.2) is 4.98 Å². The number of fused-ring (bicyclic) bond motifs is 3. The second-order valence-corrected chi connectivity index (χ2v) is 8.77. The van der Waals surface area contributed by atoms with Gasteiger partial charge >= 0.3 is 0 Å². The first-order chi connectivity index (χ1) is 18.2. The Bertz CT molecular complexity index is 1610. The molecule has 1 aliphatic rings. The molecule has 0 fully saturated rings. The Hall–Kier alpha value is -4.77. The van der Waals surface area contributed by atoms with Crippen LogP contribution in [-0.2, 0) is 0 Å². The minimum atomic E-state index is -0.480. The molecule has 5 aromatic rings. The highest BCUT2D eigenvalue weighted by Gasteiger charge is 2.34. The van der Waals surface area contributed by atoms with E-state index in [1.807, 2.05) is 91.0 Å². The van der Waals surface area contributed by atoms with Crippen molar-refractivity contribution >= 4 is 0 Å². The first-order valence-corrected chi connectivity index (χ1v) is 12.0. The van der Waals surface area contributed by atoms with E-state index < -0.39 is 6.10 Å². The molecule has 1 atom stereocenters. The van der Waals surface area contributed by atoms with Crippen molar-refractivity contribution < 1.29 is 19.3 Å². The Balaban J connectivity index is 1.73. The topological polar surface area (TPSA) is 60.8 Å². The van der Waals surface area contributed by atoms with E-state index in [-0.39, 0.29) is 5.75 Å². The maximum Gasteiger partial charge on any atom is 0.155 e. The van der Waals surface area contributed by atoms with Crippen LogP contribution in [0, 0.1) is 0 Å². The van der Waals surface area contributed by atoms with E-state index in [2.05, 4.69) is 0 Å². The number of rotatable bonds is 5. The summed E-state index contributed by atoms with van der Waals surface area (Å²) < 4.78 is 18.2. The molecule has 4 aromatic carbocycles. The van der Waals surface area contributed by atoms with Crippen LogP contribution >= 0.6 is 0 Å². The quantitative estimate of drug-likeness (QED) is 0.282. The van der Waals surface area contributed by atoms with Crippen molar-refractivity contribution in [3.05, 3.63) is 114 Å². The molecule has 0 saturated carbocycles. The number of ether oxygens (including phenoxy) is 3. The van der Waals surface area contributed by atoms with Crippen molar-refractivity contribution in [2.45, 2.75) is 6.10 Å². The van der Waals surface area contributed by atoms with Crippen LogP contribution in [0.1, 0.15) is 17.2 Å². The summed E-state index contributed by atoms with van der Waals surface area (Å²) in [5.74, 6) is 2.37. The number of nitrogens with zero attached hydrogens (tertiary/aromatic N) is 1. The van der Waals surface area contributed by atoms with Crippen molar-refractivity contribution in [2.24, 2.45) is 0 Å². The fourth-order valence-corrected chi connectivity index (χ4v) is 5.00. The number of phenolic OH excluding ortho intramolecular Hbond substituents is 1. The number of para-hydroxylation sites is 4. The molecule has 0 spiro atoms. The highest BCUT2D eigenvalue weighted by molar-refractivity contribution is 5.87. The summed E-state index contributed by atoms with van der Waals surface area (Å²) >= 11 is 0.